The number of nitro groups is 1. The van der Waals surface area contributed by atoms with Gasteiger partial charge < -0.3 is 9.47 Å². The van der Waals surface area contributed by atoms with Crippen LogP contribution in [-0.2, 0) is 11.3 Å². The number of nitrogens with zero attached hydrogens (tertiary/aromatic N) is 2. The van der Waals surface area contributed by atoms with Crippen LogP contribution in [-0.4, -0.2) is 34.2 Å². The smallest absolute Gasteiger partial charge is 0.293 e. The van der Waals surface area contributed by atoms with Gasteiger partial charge in [-0.3, -0.25) is 24.6 Å². The van der Waals surface area contributed by atoms with E-state index in [1.807, 2.05) is 37.3 Å². The van der Waals surface area contributed by atoms with E-state index in [4.69, 9.17) is 9.47 Å². The average Bonchev–Trinajstić information content (AvgIpc) is 3.11. The van der Waals surface area contributed by atoms with Gasteiger partial charge in [-0.25, -0.2) is 0 Å². The number of thioether (sulfide) groups is 1. The first-order valence-corrected chi connectivity index (χ1v) is 11.6. The van der Waals surface area contributed by atoms with Gasteiger partial charge in [0, 0.05) is 17.2 Å². The monoisotopic (exact) mass is 490 g/mol. The third-order valence-corrected chi connectivity index (χ3v) is 6.13. The fourth-order valence-electron chi connectivity index (χ4n) is 3.45. The Balaban J connectivity index is 1.43. The summed E-state index contributed by atoms with van der Waals surface area (Å²) in [5, 5.41) is 10.8. The van der Waals surface area contributed by atoms with Crippen molar-refractivity contribution in [3.63, 3.8) is 0 Å². The van der Waals surface area contributed by atoms with E-state index in [1.54, 1.807) is 30.3 Å². The largest absolute Gasteiger partial charge is 0.490 e. The molecule has 2 amide bonds. The van der Waals surface area contributed by atoms with Crippen LogP contribution in [0.1, 0.15) is 16.7 Å². The molecule has 8 nitrogen and oxygen atoms in total. The molecule has 0 saturated carbocycles. The van der Waals surface area contributed by atoms with Crippen molar-refractivity contribution in [2.75, 3.05) is 13.2 Å². The fraction of sp³-hybridized carbons (Fsp3) is 0.154. The van der Waals surface area contributed by atoms with E-state index in [2.05, 4.69) is 0 Å². The molecule has 0 N–H and O–H groups in total. The molecule has 0 atom stereocenters. The molecule has 0 aromatic heterocycles. The van der Waals surface area contributed by atoms with E-state index in [-0.39, 0.29) is 23.7 Å². The first kappa shape index (κ1) is 24.0. The molecular formula is C26H22N2O6S. The highest BCUT2D eigenvalue weighted by Crippen LogP contribution is 2.35. The summed E-state index contributed by atoms with van der Waals surface area (Å²) in [6, 6.07) is 20.9. The maximum absolute atomic E-state index is 12.9. The van der Waals surface area contributed by atoms with Crippen LogP contribution in [0.15, 0.2) is 77.7 Å². The lowest BCUT2D eigenvalue weighted by molar-refractivity contribution is -0.385. The van der Waals surface area contributed by atoms with Gasteiger partial charge in [0.05, 0.1) is 16.4 Å². The van der Waals surface area contributed by atoms with Crippen molar-refractivity contribution < 1.29 is 24.0 Å². The van der Waals surface area contributed by atoms with Gasteiger partial charge in [0.2, 0.25) is 0 Å². The van der Waals surface area contributed by atoms with Crippen LogP contribution in [0.3, 0.4) is 0 Å². The lowest BCUT2D eigenvalue weighted by Gasteiger charge is -2.12. The molecule has 3 aromatic carbocycles. The second kappa shape index (κ2) is 10.9. The Labute approximate surface area is 206 Å². The summed E-state index contributed by atoms with van der Waals surface area (Å²) in [5.74, 6) is 0.793. The summed E-state index contributed by atoms with van der Waals surface area (Å²) < 4.78 is 11.5. The minimum absolute atomic E-state index is 0.137. The molecule has 3 aromatic rings. The number of para-hydroxylation sites is 2. The molecule has 0 aliphatic carbocycles. The fourth-order valence-corrected chi connectivity index (χ4v) is 4.28. The van der Waals surface area contributed by atoms with Crippen LogP contribution >= 0.6 is 11.8 Å². The molecule has 0 radical (unpaired) electrons. The number of rotatable bonds is 9. The molecule has 1 fully saturated rings. The molecule has 0 bridgehead atoms. The van der Waals surface area contributed by atoms with E-state index < -0.39 is 16.1 Å². The highest BCUT2D eigenvalue weighted by Gasteiger charge is 2.36. The Morgan fingerprint density at radius 1 is 0.943 bits per heavy atom. The summed E-state index contributed by atoms with van der Waals surface area (Å²) in [7, 11) is 0. The van der Waals surface area contributed by atoms with Crippen molar-refractivity contribution in [2.24, 2.45) is 0 Å². The van der Waals surface area contributed by atoms with Gasteiger partial charge >= 0.3 is 0 Å². The van der Waals surface area contributed by atoms with Crippen molar-refractivity contribution in [2.45, 2.75) is 13.5 Å². The van der Waals surface area contributed by atoms with Crippen LogP contribution in [0, 0.1) is 17.0 Å². The standard InChI is InChI=1S/C26H22N2O6S/c1-18-10-12-21(13-11-18)33-14-15-34-23-9-5-3-6-19(23)16-24-25(29)27(26(30)35-24)17-20-7-2-4-8-22(20)28(31)32/h2-13,16H,14-15,17H2,1H3/b24-16-. The minimum Gasteiger partial charge on any atom is -0.490 e. The SMILES string of the molecule is Cc1ccc(OCCOc2ccccc2/C=C2\SC(=O)N(Cc3ccccc3[N+](=O)[O-])C2=O)cc1. The number of amides is 2. The molecule has 1 aliphatic heterocycles. The lowest BCUT2D eigenvalue weighted by atomic mass is 10.1. The number of ether oxygens (including phenoxy) is 2. The van der Waals surface area contributed by atoms with Crippen molar-refractivity contribution >= 4 is 34.7 Å². The Bertz CT molecular complexity index is 1290. The van der Waals surface area contributed by atoms with E-state index in [0.717, 1.165) is 28.0 Å². The summed E-state index contributed by atoms with van der Waals surface area (Å²) >= 11 is 0.794. The normalized spacial score (nSPS) is 14.4. The Hall–Kier alpha value is -4.11. The molecule has 1 saturated heterocycles. The quantitative estimate of drug-likeness (QED) is 0.167. The summed E-state index contributed by atoms with van der Waals surface area (Å²) in [6.07, 6.45) is 1.60. The Kier molecular flexibility index (Phi) is 7.47. The Morgan fingerprint density at radius 2 is 1.63 bits per heavy atom. The molecule has 4 rings (SSSR count). The van der Waals surface area contributed by atoms with Crippen molar-refractivity contribution in [1.82, 2.24) is 4.90 Å². The maximum Gasteiger partial charge on any atom is 0.293 e. The molecule has 0 spiro atoms. The number of nitro benzene ring substituents is 1. The number of aryl methyl sites for hydroxylation is 1. The lowest BCUT2D eigenvalue weighted by Crippen LogP contribution is -2.27. The molecule has 0 unspecified atom stereocenters. The van der Waals surface area contributed by atoms with Crippen molar-refractivity contribution in [3.8, 4) is 11.5 Å². The third-order valence-electron chi connectivity index (χ3n) is 5.23. The molecule has 9 heteroatoms. The van der Waals surface area contributed by atoms with Gasteiger partial charge in [-0.2, -0.15) is 0 Å². The van der Waals surface area contributed by atoms with Gasteiger partial charge in [-0.15, -0.1) is 0 Å². The van der Waals surface area contributed by atoms with Gasteiger partial charge in [-0.1, -0.05) is 54.1 Å². The summed E-state index contributed by atoms with van der Waals surface area (Å²) in [5.41, 5.74) is 1.94. The summed E-state index contributed by atoms with van der Waals surface area (Å²) in [6.45, 7) is 2.46. The van der Waals surface area contributed by atoms with Gasteiger partial charge in [0.25, 0.3) is 16.8 Å². The van der Waals surface area contributed by atoms with Crippen LogP contribution in [0.2, 0.25) is 0 Å². The van der Waals surface area contributed by atoms with E-state index in [9.17, 15) is 19.7 Å². The van der Waals surface area contributed by atoms with Crippen LogP contribution in [0.4, 0.5) is 10.5 Å². The second-order valence-corrected chi connectivity index (χ2v) is 8.69. The van der Waals surface area contributed by atoms with E-state index in [0.29, 0.717) is 23.5 Å². The summed E-state index contributed by atoms with van der Waals surface area (Å²) in [4.78, 5) is 37.5. The maximum atomic E-state index is 12.9. The topological polar surface area (TPSA) is 99.0 Å². The second-order valence-electron chi connectivity index (χ2n) is 7.70. The number of imide groups is 1. The average molecular weight is 491 g/mol. The van der Waals surface area contributed by atoms with Crippen LogP contribution in [0.5, 0.6) is 11.5 Å². The number of hydrogen-bond acceptors (Lipinski definition) is 7. The van der Waals surface area contributed by atoms with Crippen molar-refractivity contribution in [3.05, 3.63) is 105 Å². The van der Waals surface area contributed by atoms with Crippen LogP contribution in [0.25, 0.3) is 6.08 Å². The van der Waals surface area contributed by atoms with Gasteiger partial charge in [0.1, 0.15) is 24.7 Å². The zero-order chi connectivity index (χ0) is 24.8. The number of carbonyl (C=O) groups excluding carboxylic acids is 2. The first-order valence-electron chi connectivity index (χ1n) is 10.8. The van der Waals surface area contributed by atoms with Crippen LogP contribution < -0.4 is 9.47 Å². The molecule has 1 aliphatic rings. The predicted molar refractivity (Wildman–Crippen MR) is 133 cm³/mol. The number of benzene rings is 3. The molecule has 178 valence electrons. The molecular weight excluding hydrogens is 468 g/mol. The van der Waals surface area contributed by atoms with Gasteiger partial charge in [0.15, 0.2) is 0 Å². The molecule has 35 heavy (non-hydrogen) atoms. The van der Waals surface area contributed by atoms with Gasteiger partial charge in [-0.05, 0) is 43.0 Å². The minimum atomic E-state index is -0.527. The van der Waals surface area contributed by atoms with E-state index >= 15 is 0 Å². The highest BCUT2D eigenvalue weighted by molar-refractivity contribution is 8.18. The zero-order valence-electron chi connectivity index (χ0n) is 18.9. The zero-order valence-corrected chi connectivity index (χ0v) is 19.7. The predicted octanol–water partition coefficient (Wildman–Crippen LogP) is 5.60. The van der Waals surface area contributed by atoms with Crippen molar-refractivity contribution in [1.29, 1.82) is 0 Å². The number of carbonyl (C=O) groups is 2. The highest BCUT2D eigenvalue weighted by atomic mass is 32.2. The molecule has 1 heterocycles. The van der Waals surface area contributed by atoms with E-state index in [1.165, 1.54) is 18.2 Å². The number of hydrogen-bond donors (Lipinski definition) is 0. The first-order chi connectivity index (χ1) is 16.9. The Morgan fingerprint density at radius 3 is 2.40 bits per heavy atom. The third kappa shape index (κ3) is 5.88.